The van der Waals surface area contributed by atoms with Crippen LogP contribution in [0.4, 0.5) is 0 Å². The minimum Gasteiger partial charge on any atom is -0.426 e. The van der Waals surface area contributed by atoms with E-state index in [1.54, 1.807) is 0 Å². The Morgan fingerprint density at radius 2 is 1.79 bits per heavy atom. The molecule has 4 nitrogen and oxygen atoms in total. The molecule has 1 fully saturated rings. The molecule has 0 radical (unpaired) electrons. The largest absolute Gasteiger partial charge is 0.426 e. The number of rotatable bonds is 2. The van der Waals surface area contributed by atoms with Gasteiger partial charge in [-0.3, -0.25) is 4.79 Å². The number of ether oxygens (including phenoxy) is 1. The molecule has 0 unspecified atom stereocenters. The van der Waals surface area contributed by atoms with Gasteiger partial charge in [-0.25, -0.2) is 0 Å². The molecule has 1 aliphatic heterocycles. The van der Waals surface area contributed by atoms with Gasteiger partial charge < -0.3 is 15.2 Å². The van der Waals surface area contributed by atoms with Gasteiger partial charge in [0, 0.05) is 6.92 Å². The fourth-order valence-corrected chi connectivity index (χ4v) is 2.65. The number of piperidine rings is 1. The lowest BCUT2D eigenvalue weighted by Gasteiger charge is -2.33. The summed E-state index contributed by atoms with van der Waals surface area (Å²) in [6, 6.07) is 3.85. The van der Waals surface area contributed by atoms with Crippen LogP contribution in [0.1, 0.15) is 36.5 Å². The number of aliphatic hydroxyl groups is 1. The maximum Gasteiger partial charge on any atom is 0.308 e. The summed E-state index contributed by atoms with van der Waals surface area (Å²) in [6.07, 6.45) is 1.41. The molecule has 104 valence electrons. The molecule has 1 aliphatic rings. The number of hydrogen-bond donors (Lipinski definition) is 2. The smallest absolute Gasteiger partial charge is 0.308 e. The predicted octanol–water partition coefficient (Wildman–Crippen LogP) is 1.80. The minimum atomic E-state index is -0.768. The zero-order chi connectivity index (χ0) is 14.0. The minimum absolute atomic E-state index is 0.320. The van der Waals surface area contributed by atoms with Crippen LogP contribution >= 0.6 is 0 Å². The van der Waals surface area contributed by atoms with Crippen LogP contribution in [0.2, 0.25) is 0 Å². The lowest BCUT2D eigenvalue weighted by atomic mass is 9.83. The van der Waals surface area contributed by atoms with Crippen LogP contribution in [0.3, 0.4) is 0 Å². The molecular formula is C15H21NO3. The molecule has 0 aromatic heterocycles. The lowest BCUT2D eigenvalue weighted by molar-refractivity contribution is -0.131. The summed E-state index contributed by atoms with van der Waals surface area (Å²) in [5, 5.41) is 14.0. The molecule has 1 aromatic carbocycles. The van der Waals surface area contributed by atoms with E-state index in [0.29, 0.717) is 18.6 Å². The average molecular weight is 263 g/mol. The Labute approximate surface area is 113 Å². The van der Waals surface area contributed by atoms with E-state index in [4.69, 9.17) is 4.74 Å². The third kappa shape index (κ3) is 2.96. The van der Waals surface area contributed by atoms with E-state index >= 15 is 0 Å². The van der Waals surface area contributed by atoms with E-state index < -0.39 is 5.60 Å². The highest BCUT2D eigenvalue weighted by molar-refractivity contribution is 5.70. The number of aryl methyl sites for hydroxylation is 2. The van der Waals surface area contributed by atoms with Crippen molar-refractivity contribution in [2.24, 2.45) is 0 Å². The zero-order valence-electron chi connectivity index (χ0n) is 11.7. The molecule has 2 N–H and O–H groups in total. The first-order chi connectivity index (χ1) is 8.92. The van der Waals surface area contributed by atoms with E-state index in [-0.39, 0.29) is 5.97 Å². The topological polar surface area (TPSA) is 58.6 Å². The standard InChI is InChI=1S/C15H21NO3/c1-10-8-13(15(18)4-6-16-7-5-15)9-11(2)14(10)19-12(3)17/h8-9,16,18H,4-7H2,1-3H3. The second-order valence-corrected chi connectivity index (χ2v) is 5.31. The van der Waals surface area contributed by atoms with E-state index in [1.165, 1.54) is 6.92 Å². The van der Waals surface area contributed by atoms with Gasteiger partial charge in [-0.05, 0) is 68.6 Å². The van der Waals surface area contributed by atoms with E-state index in [0.717, 1.165) is 29.8 Å². The van der Waals surface area contributed by atoms with Crippen molar-refractivity contribution in [3.8, 4) is 5.75 Å². The Morgan fingerprint density at radius 1 is 1.26 bits per heavy atom. The molecule has 0 spiro atoms. The second kappa shape index (κ2) is 5.31. The molecule has 1 saturated heterocycles. The molecule has 1 aromatic rings. The Balaban J connectivity index is 2.36. The van der Waals surface area contributed by atoms with Gasteiger partial charge in [0.05, 0.1) is 5.60 Å². The summed E-state index contributed by atoms with van der Waals surface area (Å²) >= 11 is 0. The first-order valence-corrected chi connectivity index (χ1v) is 6.65. The molecule has 0 bridgehead atoms. The monoisotopic (exact) mass is 263 g/mol. The number of benzene rings is 1. The van der Waals surface area contributed by atoms with Crippen LogP contribution in [0.25, 0.3) is 0 Å². The van der Waals surface area contributed by atoms with E-state index in [2.05, 4.69) is 5.32 Å². The van der Waals surface area contributed by atoms with Crippen LogP contribution in [-0.4, -0.2) is 24.2 Å². The van der Waals surface area contributed by atoms with Crippen LogP contribution in [0.15, 0.2) is 12.1 Å². The molecule has 2 rings (SSSR count). The van der Waals surface area contributed by atoms with Gasteiger partial charge in [-0.1, -0.05) is 0 Å². The Morgan fingerprint density at radius 3 is 2.26 bits per heavy atom. The fraction of sp³-hybridized carbons (Fsp3) is 0.533. The number of carbonyl (C=O) groups excluding carboxylic acids is 1. The summed E-state index contributed by atoms with van der Waals surface area (Å²) < 4.78 is 5.22. The Kier molecular flexibility index (Phi) is 3.92. The lowest BCUT2D eigenvalue weighted by Crippen LogP contribution is -2.39. The summed E-state index contributed by atoms with van der Waals surface area (Å²) in [7, 11) is 0. The number of nitrogens with one attached hydrogen (secondary N) is 1. The normalized spacial score (nSPS) is 18.1. The van der Waals surface area contributed by atoms with Crippen molar-refractivity contribution in [1.82, 2.24) is 5.32 Å². The average Bonchev–Trinajstić information content (AvgIpc) is 2.34. The zero-order valence-corrected chi connectivity index (χ0v) is 11.7. The number of hydrogen-bond acceptors (Lipinski definition) is 4. The first-order valence-electron chi connectivity index (χ1n) is 6.65. The first kappa shape index (κ1) is 14.0. The van der Waals surface area contributed by atoms with Gasteiger partial charge >= 0.3 is 5.97 Å². The molecule has 0 aliphatic carbocycles. The van der Waals surface area contributed by atoms with Crippen molar-refractivity contribution >= 4 is 5.97 Å². The van der Waals surface area contributed by atoms with Crippen LogP contribution in [-0.2, 0) is 10.4 Å². The van der Waals surface area contributed by atoms with Gasteiger partial charge in [0.25, 0.3) is 0 Å². The summed E-state index contributed by atoms with van der Waals surface area (Å²) in [5.74, 6) is 0.285. The van der Waals surface area contributed by atoms with Crippen LogP contribution in [0, 0.1) is 13.8 Å². The Bertz CT molecular complexity index is 467. The van der Waals surface area contributed by atoms with Gasteiger partial charge in [0.2, 0.25) is 0 Å². The quantitative estimate of drug-likeness (QED) is 0.631. The number of esters is 1. The maximum atomic E-state index is 11.1. The SMILES string of the molecule is CC(=O)Oc1c(C)cc(C2(O)CCNCC2)cc1C. The third-order valence-electron chi connectivity index (χ3n) is 3.67. The van der Waals surface area contributed by atoms with Crippen molar-refractivity contribution in [2.45, 2.75) is 39.2 Å². The summed E-state index contributed by atoms with van der Waals surface area (Å²) in [5.41, 5.74) is 1.92. The molecule has 19 heavy (non-hydrogen) atoms. The highest BCUT2D eigenvalue weighted by atomic mass is 16.5. The van der Waals surface area contributed by atoms with Gasteiger partial charge in [-0.15, -0.1) is 0 Å². The molecule has 0 atom stereocenters. The summed E-state index contributed by atoms with van der Waals surface area (Å²) in [6.45, 7) is 6.84. The number of carbonyl (C=O) groups is 1. The van der Waals surface area contributed by atoms with Crippen LogP contribution < -0.4 is 10.1 Å². The van der Waals surface area contributed by atoms with Crippen molar-refractivity contribution in [3.63, 3.8) is 0 Å². The molecule has 0 saturated carbocycles. The molecule has 0 amide bonds. The molecule has 4 heteroatoms. The highest BCUT2D eigenvalue weighted by Crippen LogP contribution is 2.35. The van der Waals surface area contributed by atoms with Gasteiger partial charge in [0.1, 0.15) is 5.75 Å². The van der Waals surface area contributed by atoms with Crippen molar-refractivity contribution in [1.29, 1.82) is 0 Å². The second-order valence-electron chi connectivity index (χ2n) is 5.31. The predicted molar refractivity (Wildman–Crippen MR) is 73.2 cm³/mol. The summed E-state index contributed by atoms with van der Waals surface area (Å²) in [4.78, 5) is 11.1. The van der Waals surface area contributed by atoms with Crippen LogP contribution in [0.5, 0.6) is 5.75 Å². The fourth-order valence-electron chi connectivity index (χ4n) is 2.65. The molecular weight excluding hydrogens is 242 g/mol. The third-order valence-corrected chi connectivity index (χ3v) is 3.67. The van der Waals surface area contributed by atoms with Crippen molar-refractivity contribution in [3.05, 3.63) is 28.8 Å². The van der Waals surface area contributed by atoms with Gasteiger partial charge in [0.15, 0.2) is 0 Å². The highest BCUT2D eigenvalue weighted by Gasteiger charge is 2.31. The van der Waals surface area contributed by atoms with Crippen molar-refractivity contribution < 1.29 is 14.6 Å². The van der Waals surface area contributed by atoms with Crippen molar-refractivity contribution in [2.75, 3.05) is 13.1 Å². The van der Waals surface area contributed by atoms with E-state index in [1.807, 2.05) is 26.0 Å². The molecule has 1 heterocycles. The maximum absolute atomic E-state index is 11.1. The van der Waals surface area contributed by atoms with Gasteiger partial charge in [-0.2, -0.15) is 0 Å². The Hall–Kier alpha value is -1.39. The van der Waals surface area contributed by atoms with E-state index in [9.17, 15) is 9.90 Å².